The first kappa shape index (κ1) is 24.3. The number of rotatable bonds is 6. The van der Waals surface area contributed by atoms with E-state index in [-0.39, 0.29) is 12.4 Å². The number of β-amino-alcohol motifs (C(OH)–C–C–N with tert-alkyl or cyclic N) is 1. The predicted molar refractivity (Wildman–Crippen MR) is 130 cm³/mol. The summed E-state index contributed by atoms with van der Waals surface area (Å²) in [5.74, 6) is 0.494. The van der Waals surface area contributed by atoms with E-state index in [1.54, 1.807) is 12.1 Å². The summed E-state index contributed by atoms with van der Waals surface area (Å²) in [4.78, 5) is 4.44. The Labute approximate surface area is 200 Å². The molecule has 0 spiro atoms. The van der Waals surface area contributed by atoms with Crippen LogP contribution < -0.4 is 9.64 Å². The Bertz CT molecular complexity index is 930. The van der Waals surface area contributed by atoms with Crippen LogP contribution >= 0.6 is 11.6 Å². The first-order valence-corrected chi connectivity index (χ1v) is 12.1. The topological polar surface area (TPSA) is 56.2 Å². The second-order valence-electron chi connectivity index (χ2n) is 9.85. The lowest BCUT2D eigenvalue weighted by molar-refractivity contribution is -0.0747. The molecule has 2 aliphatic rings. The van der Waals surface area contributed by atoms with Crippen LogP contribution in [0.1, 0.15) is 36.8 Å². The number of aryl methyl sites for hydroxylation is 2. The maximum Gasteiger partial charge on any atom is 0.123 e. The number of aliphatic hydroxyl groups is 2. The van der Waals surface area contributed by atoms with Crippen molar-refractivity contribution in [1.82, 2.24) is 4.90 Å². The molecule has 0 radical (unpaired) electrons. The smallest absolute Gasteiger partial charge is 0.123 e. The number of halogens is 2. The number of likely N-dealkylation sites (tertiary alicyclic amines) is 1. The van der Waals surface area contributed by atoms with Gasteiger partial charge in [-0.2, -0.15) is 0 Å². The van der Waals surface area contributed by atoms with Crippen molar-refractivity contribution in [3.05, 3.63) is 58.4 Å². The molecule has 33 heavy (non-hydrogen) atoms. The molecule has 0 aromatic heterocycles. The quantitative estimate of drug-likeness (QED) is 0.649. The zero-order valence-electron chi connectivity index (χ0n) is 19.5. The lowest BCUT2D eigenvalue weighted by Gasteiger charge is -2.44. The van der Waals surface area contributed by atoms with Crippen molar-refractivity contribution in [1.29, 1.82) is 0 Å². The molecule has 0 unspecified atom stereocenters. The monoisotopic (exact) mass is 476 g/mol. The molecule has 0 saturated carbocycles. The van der Waals surface area contributed by atoms with E-state index < -0.39 is 11.2 Å². The van der Waals surface area contributed by atoms with E-state index in [0.717, 1.165) is 53.8 Å². The highest BCUT2D eigenvalue weighted by molar-refractivity contribution is 6.32. The minimum absolute atomic E-state index is 0.235. The van der Waals surface area contributed by atoms with Gasteiger partial charge in [0.15, 0.2) is 0 Å². The van der Waals surface area contributed by atoms with Crippen LogP contribution in [-0.2, 0) is 0 Å². The average molecular weight is 477 g/mol. The van der Waals surface area contributed by atoms with Crippen molar-refractivity contribution >= 4 is 17.3 Å². The molecule has 2 aromatic rings. The second kappa shape index (κ2) is 9.79. The summed E-state index contributed by atoms with van der Waals surface area (Å²) in [5, 5.41) is 22.9. The van der Waals surface area contributed by atoms with Gasteiger partial charge in [0.2, 0.25) is 0 Å². The van der Waals surface area contributed by atoms with E-state index in [4.69, 9.17) is 16.3 Å². The minimum atomic E-state index is -0.869. The Hall–Kier alpha value is -1.86. The number of hydrogen-bond acceptors (Lipinski definition) is 5. The summed E-state index contributed by atoms with van der Waals surface area (Å²) in [6.45, 7) is 7.69. The molecular formula is C26H34ClFN2O3. The van der Waals surface area contributed by atoms with Gasteiger partial charge in [-0.25, -0.2) is 4.39 Å². The Morgan fingerprint density at radius 2 is 1.45 bits per heavy atom. The second-order valence-corrected chi connectivity index (χ2v) is 10.2. The molecular weight excluding hydrogens is 443 g/mol. The molecule has 2 aromatic carbocycles. The van der Waals surface area contributed by atoms with Gasteiger partial charge in [0, 0.05) is 43.4 Å². The van der Waals surface area contributed by atoms with E-state index in [1.165, 1.54) is 12.1 Å². The van der Waals surface area contributed by atoms with Crippen molar-refractivity contribution < 1.29 is 19.3 Å². The zero-order chi connectivity index (χ0) is 23.6. The molecule has 4 rings (SSSR count). The van der Waals surface area contributed by atoms with Crippen LogP contribution in [0, 0.1) is 19.7 Å². The standard InChI is InChI=1S/C26H34ClFN2O3/c1-19-15-23(16-20(2)24(19)27)33-18-26(32)7-11-29(12-8-26)17-25(31)9-13-30(14-10-25)22-5-3-21(28)4-6-22/h3-6,15-16,31-32H,7-14,17-18H2,1-2H3. The van der Waals surface area contributed by atoms with Crippen LogP contribution in [0.3, 0.4) is 0 Å². The van der Waals surface area contributed by atoms with Crippen LogP contribution in [0.25, 0.3) is 0 Å². The highest BCUT2D eigenvalue weighted by atomic mass is 35.5. The maximum atomic E-state index is 13.2. The maximum absolute atomic E-state index is 13.2. The Kier molecular flexibility index (Phi) is 7.20. The molecule has 0 amide bonds. The first-order valence-electron chi connectivity index (χ1n) is 11.7. The van der Waals surface area contributed by atoms with E-state index >= 15 is 0 Å². The molecule has 0 bridgehead atoms. The normalized spacial score (nSPS) is 20.6. The van der Waals surface area contributed by atoms with E-state index in [9.17, 15) is 14.6 Å². The minimum Gasteiger partial charge on any atom is -0.491 e. The van der Waals surface area contributed by atoms with Gasteiger partial charge in [0.25, 0.3) is 0 Å². The van der Waals surface area contributed by atoms with Gasteiger partial charge in [-0.15, -0.1) is 0 Å². The highest BCUT2D eigenvalue weighted by Gasteiger charge is 2.38. The molecule has 2 saturated heterocycles. The zero-order valence-corrected chi connectivity index (χ0v) is 20.2. The molecule has 2 heterocycles. The van der Waals surface area contributed by atoms with Gasteiger partial charge < -0.3 is 24.7 Å². The lowest BCUT2D eigenvalue weighted by Crippen LogP contribution is -2.55. The van der Waals surface area contributed by atoms with Crippen LogP contribution in [0.5, 0.6) is 5.75 Å². The number of benzene rings is 2. The van der Waals surface area contributed by atoms with Crippen LogP contribution in [-0.4, -0.2) is 65.6 Å². The van der Waals surface area contributed by atoms with E-state index in [0.29, 0.717) is 32.2 Å². The number of anilines is 1. The average Bonchev–Trinajstić information content (AvgIpc) is 2.79. The highest BCUT2D eigenvalue weighted by Crippen LogP contribution is 2.31. The molecule has 2 N–H and O–H groups in total. The number of piperidine rings is 2. The predicted octanol–water partition coefficient (Wildman–Crippen LogP) is 4.33. The summed E-state index contributed by atoms with van der Waals surface area (Å²) in [6.07, 6.45) is 2.56. The number of hydrogen-bond donors (Lipinski definition) is 2. The summed E-state index contributed by atoms with van der Waals surface area (Å²) in [5.41, 5.74) is 1.32. The first-order chi connectivity index (χ1) is 15.6. The molecule has 0 aliphatic carbocycles. The third-order valence-corrected chi connectivity index (χ3v) is 7.70. The molecule has 2 fully saturated rings. The van der Waals surface area contributed by atoms with Crippen molar-refractivity contribution in [3.63, 3.8) is 0 Å². The van der Waals surface area contributed by atoms with Gasteiger partial charge in [-0.1, -0.05) is 11.6 Å². The van der Waals surface area contributed by atoms with E-state index in [1.807, 2.05) is 26.0 Å². The summed E-state index contributed by atoms with van der Waals surface area (Å²) >= 11 is 6.23. The Morgan fingerprint density at radius 1 is 0.909 bits per heavy atom. The fourth-order valence-corrected chi connectivity index (χ4v) is 5.00. The van der Waals surface area contributed by atoms with Crippen molar-refractivity contribution in [3.8, 4) is 5.75 Å². The molecule has 2 aliphatic heterocycles. The molecule has 7 heteroatoms. The molecule has 5 nitrogen and oxygen atoms in total. The van der Waals surface area contributed by atoms with Gasteiger partial charge in [-0.3, -0.25) is 0 Å². The van der Waals surface area contributed by atoms with Crippen molar-refractivity contribution in [2.24, 2.45) is 0 Å². The summed E-state index contributed by atoms with van der Waals surface area (Å²) in [6, 6.07) is 10.3. The number of ether oxygens (including phenoxy) is 1. The lowest BCUT2D eigenvalue weighted by atomic mass is 9.87. The van der Waals surface area contributed by atoms with Crippen LogP contribution in [0.4, 0.5) is 10.1 Å². The van der Waals surface area contributed by atoms with Gasteiger partial charge in [0.05, 0.1) is 5.60 Å². The van der Waals surface area contributed by atoms with E-state index in [2.05, 4.69) is 9.80 Å². The Morgan fingerprint density at radius 3 is 2.03 bits per heavy atom. The fraction of sp³-hybridized carbons (Fsp3) is 0.538. The third kappa shape index (κ3) is 5.99. The third-order valence-electron chi connectivity index (χ3n) is 7.11. The van der Waals surface area contributed by atoms with Crippen LogP contribution in [0.2, 0.25) is 5.02 Å². The van der Waals surface area contributed by atoms with Gasteiger partial charge in [0.1, 0.15) is 23.8 Å². The summed E-state index contributed by atoms with van der Waals surface area (Å²) < 4.78 is 19.1. The fourth-order valence-electron chi connectivity index (χ4n) is 4.89. The largest absolute Gasteiger partial charge is 0.491 e. The van der Waals surface area contributed by atoms with Gasteiger partial charge >= 0.3 is 0 Å². The number of nitrogens with zero attached hydrogens (tertiary/aromatic N) is 2. The Balaban J connectivity index is 1.24. The van der Waals surface area contributed by atoms with Gasteiger partial charge in [-0.05, 0) is 87.1 Å². The SMILES string of the molecule is Cc1cc(OCC2(O)CCN(CC3(O)CCN(c4ccc(F)cc4)CC3)CC2)cc(C)c1Cl. The van der Waals surface area contributed by atoms with Crippen molar-refractivity contribution in [2.75, 3.05) is 44.2 Å². The molecule has 0 atom stereocenters. The van der Waals surface area contributed by atoms with Crippen molar-refractivity contribution in [2.45, 2.75) is 50.7 Å². The molecule has 180 valence electrons. The summed E-state index contributed by atoms with van der Waals surface area (Å²) in [7, 11) is 0. The van der Waals surface area contributed by atoms with Crippen LogP contribution in [0.15, 0.2) is 36.4 Å².